The molecule has 4 fully saturated rings. The van der Waals surface area contributed by atoms with Gasteiger partial charge in [-0.25, -0.2) is 0 Å². The van der Waals surface area contributed by atoms with Crippen LogP contribution in [0.3, 0.4) is 0 Å². The minimum Gasteiger partial charge on any atom is -0.462 e. The normalized spacial score (nSPS) is 50.5. The lowest BCUT2D eigenvalue weighted by Gasteiger charge is -2.69. The topological polar surface area (TPSA) is 43.4 Å². The van der Waals surface area contributed by atoms with E-state index in [1.54, 1.807) is 0 Å². The molecule has 0 aromatic carbocycles. The predicted octanol–water partition coefficient (Wildman–Crippen LogP) is 7.77. The van der Waals surface area contributed by atoms with Gasteiger partial charge in [-0.05, 0) is 103 Å². The van der Waals surface area contributed by atoms with Crippen LogP contribution in [0.25, 0.3) is 0 Å². The van der Waals surface area contributed by atoms with Gasteiger partial charge in [0.1, 0.15) is 6.10 Å². The summed E-state index contributed by atoms with van der Waals surface area (Å²) < 4.78 is 5.85. The Bertz CT molecular complexity index is 960. The van der Waals surface area contributed by atoms with Crippen molar-refractivity contribution in [3.63, 3.8) is 0 Å². The van der Waals surface area contributed by atoms with E-state index < -0.39 is 0 Å². The number of hydrogen-bond donors (Lipinski definition) is 0. The number of allylic oxidation sites excluding steroid dienone is 2. The summed E-state index contributed by atoms with van der Waals surface area (Å²) in [5.74, 6) is 2.60. The zero-order chi connectivity index (χ0) is 25.8. The van der Waals surface area contributed by atoms with E-state index >= 15 is 0 Å². The number of ketones is 1. The van der Waals surface area contributed by atoms with Gasteiger partial charge < -0.3 is 4.74 Å². The zero-order valence-electron chi connectivity index (χ0n) is 23.9. The van der Waals surface area contributed by atoms with Crippen LogP contribution in [0.15, 0.2) is 11.6 Å². The first-order chi connectivity index (χ1) is 16.1. The molecule has 5 aliphatic carbocycles. The largest absolute Gasteiger partial charge is 0.462 e. The number of rotatable bonds is 2. The van der Waals surface area contributed by atoms with Gasteiger partial charge in [0.05, 0.1) is 0 Å². The highest BCUT2D eigenvalue weighted by atomic mass is 16.5. The molecule has 5 rings (SSSR count). The van der Waals surface area contributed by atoms with Gasteiger partial charge in [0.15, 0.2) is 5.78 Å². The zero-order valence-corrected chi connectivity index (χ0v) is 23.9. The van der Waals surface area contributed by atoms with Gasteiger partial charge in [-0.15, -0.1) is 0 Å². The van der Waals surface area contributed by atoms with E-state index in [2.05, 4.69) is 61.5 Å². The molecule has 0 bridgehead atoms. The average Bonchev–Trinajstić information content (AvgIpc) is 3.09. The molecule has 9 unspecified atom stereocenters. The van der Waals surface area contributed by atoms with Gasteiger partial charge in [0.2, 0.25) is 0 Å². The summed E-state index contributed by atoms with van der Waals surface area (Å²) in [4.78, 5) is 26.2. The number of fused-ring (bicyclic) bond motifs is 7. The van der Waals surface area contributed by atoms with Gasteiger partial charge in [-0.3, -0.25) is 9.59 Å². The molecule has 0 saturated heterocycles. The van der Waals surface area contributed by atoms with E-state index in [1.165, 1.54) is 38.2 Å². The Morgan fingerprint density at radius 2 is 1.63 bits per heavy atom. The lowest BCUT2D eigenvalue weighted by Crippen LogP contribution is -2.66. The summed E-state index contributed by atoms with van der Waals surface area (Å²) in [5, 5.41) is 0. The van der Waals surface area contributed by atoms with Crippen LogP contribution in [0.5, 0.6) is 0 Å². The highest BCUT2D eigenvalue weighted by Crippen LogP contribution is 2.75. The molecule has 0 radical (unpaired) electrons. The maximum Gasteiger partial charge on any atom is 0.302 e. The van der Waals surface area contributed by atoms with Crippen molar-refractivity contribution in [2.45, 2.75) is 120 Å². The lowest BCUT2D eigenvalue weighted by molar-refractivity contribution is -0.209. The van der Waals surface area contributed by atoms with E-state index in [0.717, 1.165) is 25.7 Å². The summed E-state index contributed by atoms with van der Waals surface area (Å²) >= 11 is 0. The van der Waals surface area contributed by atoms with E-state index in [9.17, 15) is 9.59 Å². The summed E-state index contributed by atoms with van der Waals surface area (Å²) in [6.07, 6.45) is 11.4. The minimum absolute atomic E-state index is 0.00475. The van der Waals surface area contributed by atoms with Crippen molar-refractivity contribution in [3.8, 4) is 0 Å². The molecule has 0 amide bonds. The van der Waals surface area contributed by atoms with Crippen LogP contribution >= 0.6 is 0 Å². The predicted molar refractivity (Wildman–Crippen MR) is 141 cm³/mol. The quantitative estimate of drug-likeness (QED) is 0.377. The number of ether oxygens (including phenoxy) is 1. The second-order valence-corrected chi connectivity index (χ2v) is 15.3. The Balaban J connectivity index is 1.59. The third-order valence-corrected chi connectivity index (χ3v) is 13.1. The third-order valence-electron chi connectivity index (χ3n) is 13.1. The van der Waals surface area contributed by atoms with Crippen molar-refractivity contribution < 1.29 is 14.3 Å². The molecule has 35 heavy (non-hydrogen) atoms. The van der Waals surface area contributed by atoms with Crippen molar-refractivity contribution in [1.82, 2.24) is 0 Å². The van der Waals surface area contributed by atoms with E-state index in [4.69, 9.17) is 4.74 Å². The summed E-state index contributed by atoms with van der Waals surface area (Å²) in [6.45, 7) is 20.9. The van der Waals surface area contributed by atoms with Crippen LogP contribution in [0, 0.1) is 56.7 Å². The van der Waals surface area contributed by atoms with Crippen LogP contribution in [0.4, 0.5) is 0 Å². The Hall–Kier alpha value is -1.12. The molecule has 3 heteroatoms. The molecule has 196 valence electrons. The van der Waals surface area contributed by atoms with Crippen LogP contribution in [-0.2, 0) is 14.3 Å². The van der Waals surface area contributed by atoms with Crippen molar-refractivity contribution >= 4 is 11.8 Å². The minimum atomic E-state index is -0.178. The molecule has 0 aromatic rings. The molecule has 0 spiro atoms. The Kier molecular flexibility index (Phi) is 5.62. The van der Waals surface area contributed by atoms with E-state index in [-0.39, 0.29) is 39.7 Å². The van der Waals surface area contributed by atoms with Crippen LogP contribution < -0.4 is 0 Å². The number of carbonyl (C=O) groups is 2. The molecule has 3 nitrogen and oxygen atoms in total. The van der Waals surface area contributed by atoms with Gasteiger partial charge in [0, 0.05) is 18.3 Å². The van der Waals surface area contributed by atoms with E-state index in [1.807, 2.05) is 0 Å². The standard InChI is InChI=1S/C32H50O3/c1-19(2)21-10-13-29(6)16-17-31(8)22(26(21)29)18-23(34)27-30(7)14-12-25(35-20(3)33)28(4,5)24(30)11-15-32(27,31)9/h18-19,21,24-27H,10-17H2,1-9H3. The van der Waals surface area contributed by atoms with Crippen molar-refractivity contribution in [1.29, 1.82) is 0 Å². The number of esters is 1. The first kappa shape index (κ1) is 25.5. The van der Waals surface area contributed by atoms with Crippen molar-refractivity contribution in [3.05, 3.63) is 11.6 Å². The first-order valence-corrected chi connectivity index (χ1v) is 14.5. The van der Waals surface area contributed by atoms with Gasteiger partial charge >= 0.3 is 5.97 Å². The van der Waals surface area contributed by atoms with Crippen LogP contribution in [0.2, 0.25) is 0 Å². The third kappa shape index (κ3) is 3.21. The van der Waals surface area contributed by atoms with Crippen LogP contribution in [0.1, 0.15) is 114 Å². The molecule has 0 aromatic heterocycles. The fourth-order valence-electron chi connectivity index (χ4n) is 11.1. The van der Waals surface area contributed by atoms with Crippen molar-refractivity contribution in [2.75, 3.05) is 0 Å². The molecular formula is C32H50O3. The monoisotopic (exact) mass is 482 g/mol. The maximum atomic E-state index is 14.4. The van der Waals surface area contributed by atoms with Crippen LogP contribution in [-0.4, -0.2) is 17.9 Å². The molecule has 0 heterocycles. The summed E-state index contributed by atoms with van der Waals surface area (Å²) in [5.41, 5.74) is 1.80. The SMILES string of the molecule is CC(=O)OC1CCC2(C)C(CCC3(C)C2C(=O)C=C2C4C(C(C)C)CCC4(C)CCC23C)C1(C)C. The number of hydrogen-bond acceptors (Lipinski definition) is 3. The molecule has 9 atom stereocenters. The second kappa shape index (κ2) is 7.70. The highest BCUT2D eigenvalue weighted by molar-refractivity contribution is 5.95. The molecule has 5 aliphatic rings. The Morgan fingerprint density at radius 1 is 0.943 bits per heavy atom. The summed E-state index contributed by atoms with van der Waals surface area (Å²) in [6, 6.07) is 0. The second-order valence-electron chi connectivity index (χ2n) is 15.3. The fraction of sp³-hybridized carbons (Fsp3) is 0.875. The lowest BCUT2D eigenvalue weighted by atomic mass is 9.34. The first-order valence-electron chi connectivity index (χ1n) is 14.5. The maximum absolute atomic E-state index is 14.4. The molecule has 0 aliphatic heterocycles. The smallest absolute Gasteiger partial charge is 0.302 e. The van der Waals surface area contributed by atoms with Crippen molar-refractivity contribution in [2.24, 2.45) is 56.7 Å². The van der Waals surface area contributed by atoms with E-state index in [0.29, 0.717) is 34.9 Å². The Morgan fingerprint density at radius 3 is 2.26 bits per heavy atom. The number of carbonyl (C=O) groups excluding carboxylic acids is 2. The average molecular weight is 483 g/mol. The van der Waals surface area contributed by atoms with Gasteiger partial charge in [-0.1, -0.05) is 61.0 Å². The van der Waals surface area contributed by atoms with Gasteiger partial charge in [-0.2, -0.15) is 0 Å². The fourth-order valence-corrected chi connectivity index (χ4v) is 11.1. The molecule has 4 saturated carbocycles. The van der Waals surface area contributed by atoms with Gasteiger partial charge in [0.25, 0.3) is 0 Å². The highest BCUT2D eigenvalue weighted by Gasteiger charge is 2.70. The molecule has 0 N–H and O–H groups in total. The Labute approximate surface area is 214 Å². The molecular weight excluding hydrogens is 432 g/mol. The summed E-state index contributed by atoms with van der Waals surface area (Å²) in [7, 11) is 0.